The molecule has 0 bridgehead atoms. The van der Waals surface area contributed by atoms with E-state index in [9.17, 15) is 8.42 Å². The summed E-state index contributed by atoms with van der Waals surface area (Å²) in [4.78, 5) is 7.70. The summed E-state index contributed by atoms with van der Waals surface area (Å²) in [7, 11) is -3.42. The third-order valence-corrected chi connectivity index (χ3v) is 3.19. The molecular formula is C8H9ClN4O2S. The number of aromatic nitrogens is 4. The summed E-state index contributed by atoms with van der Waals surface area (Å²) in [6.45, 7) is 2.43. The Labute approximate surface area is 97.2 Å². The highest BCUT2D eigenvalue weighted by atomic mass is 35.5. The van der Waals surface area contributed by atoms with Gasteiger partial charge in [-0.05, 0) is 6.92 Å². The van der Waals surface area contributed by atoms with Gasteiger partial charge in [-0.25, -0.2) is 18.1 Å². The first-order valence-electron chi connectivity index (χ1n) is 4.52. The molecule has 0 spiro atoms. The second-order valence-corrected chi connectivity index (χ2v) is 5.54. The highest BCUT2D eigenvalue weighted by Crippen LogP contribution is 2.21. The van der Waals surface area contributed by atoms with E-state index in [0.717, 1.165) is 6.26 Å². The summed E-state index contributed by atoms with van der Waals surface area (Å²) >= 11 is 5.86. The van der Waals surface area contributed by atoms with Gasteiger partial charge in [-0.15, -0.1) is 0 Å². The van der Waals surface area contributed by atoms with E-state index in [-0.39, 0.29) is 10.3 Å². The van der Waals surface area contributed by atoms with E-state index in [2.05, 4.69) is 15.1 Å². The first kappa shape index (κ1) is 11.3. The largest absolute Gasteiger partial charge is 0.248 e. The van der Waals surface area contributed by atoms with Crippen LogP contribution in [0.5, 0.6) is 0 Å². The van der Waals surface area contributed by atoms with Crippen LogP contribution in [-0.4, -0.2) is 34.4 Å². The van der Waals surface area contributed by atoms with Crippen molar-refractivity contribution >= 4 is 32.5 Å². The Morgan fingerprint density at radius 3 is 2.75 bits per heavy atom. The molecule has 16 heavy (non-hydrogen) atoms. The minimum atomic E-state index is -3.42. The van der Waals surface area contributed by atoms with Gasteiger partial charge in [0.05, 0.1) is 5.39 Å². The van der Waals surface area contributed by atoms with Crippen molar-refractivity contribution in [1.82, 2.24) is 19.7 Å². The predicted molar refractivity (Wildman–Crippen MR) is 59.1 cm³/mol. The zero-order valence-corrected chi connectivity index (χ0v) is 10.2. The maximum atomic E-state index is 11.3. The molecule has 0 aliphatic carbocycles. The van der Waals surface area contributed by atoms with Gasteiger partial charge in [-0.1, -0.05) is 11.6 Å². The summed E-state index contributed by atoms with van der Waals surface area (Å²) in [5.74, 6) is 0. The van der Waals surface area contributed by atoms with Gasteiger partial charge < -0.3 is 0 Å². The van der Waals surface area contributed by atoms with Gasteiger partial charge in [0.1, 0.15) is 0 Å². The topological polar surface area (TPSA) is 77.7 Å². The van der Waals surface area contributed by atoms with Crippen molar-refractivity contribution in [3.63, 3.8) is 0 Å². The van der Waals surface area contributed by atoms with Crippen LogP contribution in [0.1, 0.15) is 6.92 Å². The number of nitrogens with zero attached hydrogens (tertiary/aromatic N) is 4. The monoisotopic (exact) mass is 260 g/mol. The number of fused-ring (bicyclic) bond motifs is 1. The molecule has 8 heteroatoms. The van der Waals surface area contributed by atoms with E-state index in [0.29, 0.717) is 17.6 Å². The van der Waals surface area contributed by atoms with Gasteiger partial charge >= 0.3 is 0 Å². The SMILES string of the molecule is CCn1nc(Cl)c2cnc(S(C)(=O)=O)nc21. The number of sulfone groups is 1. The Kier molecular flexibility index (Phi) is 2.59. The maximum absolute atomic E-state index is 11.3. The predicted octanol–water partition coefficient (Wildman–Crippen LogP) is 0.903. The first-order chi connectivity index (χ1) is 7.43. The van der Waals surface area contributed by atoms with E-state index in [4.69, 9.17) is 11.6 Å². The minimum Gasteiger partial charge on any atom is -0.246 e. The summed E-state index contributed by atoms with van der Waals surface area (Å²) in [6.07, 6.45) is 2.43. The van der Waals surface area contributed by atoms with Crippen molar-refractivity contribution in [2.24, 2.45) is 0 Å². The Balaban J connectivity index is 2.79. The van der Waals surface area contributed by atoms with E-state index in [1.165, 1.54) is 10.9 Å². The number of aryl methyl sites for hydroxylation is 1. The summed E-state index contributed by atoms with van der Waals surface area (Å²) in [5, 5.41) is 4.63. The van der Waals surface area contributed by atoms with Crippen LogP contribution < -0.4 is 0 Å². The molecule has 2 rings (SSSR count). The van der Waals surface area contributed by atoms with Gasteiger partial charge in [-0.2, -0.15) is 10.1 Å². The number of hydrogen-bond donors (Lipinski definition) is 0. The van der Waals surface area contributed by atoms with E-state index in [1.54, 1.807) is 0 Å². The summed E-state index contributed by atoms with van der Waals surface area (Å²) in [5.41, 5.74) is 0.433. The molecule has 2 aromatic heterocycles. The van der Waals surface area contributed by atoms with Crippen LogP contribution in [0.25, 0.3) is 11.0 Å². The lowest BCUT2D eigenvalue weighted by atomic mass is 10.4. The van der Waals surface area contributed by atoms with Gasteiger partial charge in [0.25, 0.3) is 0 Å². The molecule has 2 aromatic rings. The fourth-order valence-corrected chi connectivity index (χ4v) is 2.03. The lowest BCUT2D eigenvalue weighted by Gasteiger charge is -1.99. The summed E-state index contributed by atoms with van der Waals surface area (Å²) in [6, 6.07) is 0. The number of rotatable bonds is 2. The second kappa shape index (κ2) is 3.67. The van der Waals surface area contributed by atoms with Crippen LogP contribution in [0, 0.1) is 0 Å². The van der Waals surface area contributed by atoms with Crippen LogP contribution >= 0.6 is 11.6 Å². The molecule has 2 heterocycles. The van der Waals surface area contributed by atoms with Crippen LogP contribution in [0.3, 0.4) is 0 Å². The van der Waals surface area contributed by atoms with E-state index >= 15 is 0 Å². The Bertz CT molecular complexity index is 649. The Morgan fingerprint density at radius 2 is 2.19 bits per heavy atom. The van der Waals surface area contributed by atoms with Crippen LogP contribution in [0.4, 0.5) is 0 Å². The average molecular weight is 261 g/mol. The van der Waals surface area contributed by atoms with E-state index < -0.39 is 9.84 Å². The lowest BCUT2D eigenvalue weighted by Crippen LogP contribution is -2.05. The van der Waals surface area contributed by atoms with Crippen molar-refractivity contribution in [2.45, 2.75) is 18.6 Å². The molecule has 0 N–H and O–H groups in total. The van der Waals surface area contributed by atoms with Crippen molar-refractivity contribution in [3.8, 4) is 0 Å². The molecule has 0 aliphatic heterocycles. The molecule has 0 aromatic carbocycles. The second-order valence-electron chi connectivity index (χ2n) is 3.27. The Hall–Kier alpha value is -1.21. The fraction of sp³-hybridized carbons (Fsp3) is 0.375. The van der Waals surface area contributed by atoms with Crippen molar-refractivity contribution in [1.29, 1.82) is 0 Å². The highest BCUT2D eigenvalue weighted by molar-refractivity contribution is 7.90. The van der Waals surface area contributed by atoms with Gasteiger partial charge in [0.15, 0.2) is 10.8 Å². The highest BCUT2D eigenvalue weighted by Gasteiger charge is 2.16. The number of hydrogen-bond acceptors (Lipinski definition) is 5. The molecule has 0 saturated heterocycles. The maximum Gasteiger partial charge on any atom is 0.248 e. The molecule has 0 saturated carbocycles. The quantitative estimate of drug-likeness (QED) is 0.750. The first-order valence-corrected chi connectivity index (χ1v) is 6.79. The van der Waals surface area contributed by atoms with Crippen LogP contribution in [0.15, 0.2) is 11.4 Å². The molecular weight excluding hydrogens is 252 g/mol. The van der Waals surface area contributed by atoms with Crippen molar-refractivity contribution < 1.29 is 8.42 Å². The van der Waals surface area contributed by atoms with Crippen molar-refractivity contribution in [2.75, 3.05) is 6.26 Å². The third-order valence-electron chi connectivity index (χ3n) is 2.05. The molecule has 0 radical (unpaired) electrons. The number of halogens is 1. The zero-order chi connectivity index (χ0) is 11.9. The molecule has 6 nitrogen and oxygen atoms in total. The van der Waals surface area contributed by atoms with E-state index in [1.807, 2.05) is 6.92 Å². The van der Waals surface area contributed by atoms with Gasteiger partial charge in [0, 0.05) is 19.0 Å². The third kappa shape index (κ3) is 1.76. The average Bonchev–Trinajstić information content (AvgIpc) is 2.54. The molecule has 86 valence electrons. The molecule has 0 atom stereocenters. The lowest BCUT2D eigenvalue weighted by molar-refractivity contribution is 0.592. The van der Waals surface area contributed by atoms with Gasteiger partial charge in [-0.3, -0.25) is 0 Å². The Morgan fingerprint density at radius 1 is 1.50 bits per heavy atom. The molecule has 0 unspecified atom stereocenters. The molecule has 0 aliphatic rings. The van der Waals surface area contributed by atoms with Crippen molar-refractivity contribution in [3.05, 3.63) is 11.3 Å². The molecule has 0 fully saturated rings. The minimum absolute atomic E-state index is 0.216. The molecule has 0 amide bonds. The smallest absolute Gasteiger partial charge is 0.246 e. The zero-order valence-electron chi connectivity index (χ0n) is 8.68. The normalized spacial score (nSPS) is 12.2. The van der Waals surface area contributed by atoms with Crippen LogP contribution in [0.2, 0.25) is 5.15 Å². The summed E-state index contributed by atoms with van der Waals surface area (Å²) < 4.78 is 24.1. The standard InChI is InChI=1S/C8H9ClN4O2S/c1-3-13-7-5(6(9)12-13)4-10-8(11-7)16(2,14)15/h4H,3H2,1-2H3. The fourth-order valence-electron chi connectivity index (χ4n) is 1.31. The van der Waals surface area contributed by atoms with Gasteiger partial charge in [0.2, 0.25) is 15.0 Å². The van der Waals surface area contributed by atoms with Crippen LogP contribution in [-0.2, 0) is 16.4 Å².